The normalized spacial score (nSPS) is 11.7. The molecule has 0 N–H and O–H groups in total. The summed E-state index contributed by atoms with van der Waals surface area (Å²) >= 11 is 0. The van der Waals surface area contributed by atoms with Crippen LogP contribution in [-0.2, 0) is 14.8 Å². The van der Waals surface area contributed by atoms with Crippen LogP contribution in [0.15, 0.2) is 52.7 Å². The molecule has 0 spiro atoms. The molecule has 3 aromatic rings. The summed E-state index contributed by atoms with van der Waals surface area (Å²) in [5.74, 6) is -0.498. The van der Waals surface area contributed by atoms with E-state index in [4.69, 9.17) is 4.74 Å². The molecule has 0 saturated heterocycles. The summed E-state index contributed by atoms with van der Waals surface area (Å²) in [6.45, 7) is 3.47. The van der Waals surface area contributed by atoms with Gasteiger partial charge in [-0.25, -0.2) is 9.78 Å². The van der Waals surface area contributed by atoms with E-state index in [0.717, 1.165) is 6.07 Å². The molecule has 0 saturated carbocycles. The molecule has 2 heterocycles. The number of hydrogen-bond donors (Lipinski definition) is 0. The van der Waals surface area contributed by atoms with Gasteiger partial charge in [0.15, 0.2) is 0 Å². The van der Waals surface area contributed by atoms with Crippen molar-refractivity contribution in [1.29, 1.82) is 0 Å². The van der Waals surface area contributed by atoms with E-state index in [1.165, 1.54) is 44.7 Å². The maximum Gasteiger partial charge on any atom is 0.339 e. The van der Waals surface area contributed by atoms with Gasteiger partial charge in [0.05, 0.1) is 40.1 Å². The number of carbonyl (C=O) groups excluding carboxylic acids is 1. The Bertz CT molecular complexity index is 1300. The number of rotatable bonds is 7. The lowest BCUT2D eigenvalue weighted by Crippen LogP contribution is -2.23. The molecule has 0 aliphatic rings. The Balaban J connectivity index is 1.93. The Morgan fingerprint density at radius 3 is 2.77 bits per heavy atom. The van der Waals surface area contributed by atoms with Crippen LogP contribution in [0.5, 0.6) is 0 Å². The molecule has 2 aromatic heterocycles. The van der Waals surface area contributed by atoms with Crippen molar-refractivity contribution in [3.63, 3.8) is 0 Å². The van der Waals surface area contributed by atoms with Crippen molar-refractivity contribution in [1.82, 2.24) is 13.8 Å². The smallest absolute Gasteiger partial charge is 0.339 e. The molecular weight excluding hydrogens is 426 g/mol. The van der Waals surface area contributed by atoms with Gasteiger partial charge in [-0.1, -0.05) is 6.07 Å². The number of fused-ring (bicyclic) bond motifs is 1. The molecule has 3 rings (SSSR count). The van der Waals surface area contributed by atoms with Crippen LogP contribution < -0.4 is 0 Å². The van der Waals surface area contributed by atoms with Crippen molar-refractivity contribution in [3.8, 4) is 0 Å². The van der Waals surface area contributed by atoms with Gasteiger partial charge in [0.1, 0.15) is 5.65 Å². The molecule has 12 heteroatoms. The second-order valence-corrected chi connectivity index (χ2v) is 8.36. The molecule has 0 aliphatic heterocycles. The van der Waals surface area contributed by atoms with Gasteiger partial charge in [0.25, 0.3) is 15.7 Å². The summed E-state index contributed by atoms with van der Waals surface area (Å²) < 4.78 is 33.0. The number of aryl methyl sites for hydroxylation is 1. The standard InChI is InChI=1S/C19H19N5O6S/c1-4-30-19(25)14-6-8-18-20-10-16(23(18)12-14)11-21-22(3)31(28,29)17-9-15(24(26)27)7-5-13(17)2/h5-12H,4H2,1-3H3/b21-11+. The molecule has 0 radical (unpaired) electrons. The lowest BCUT2D eigenvalue weighted by Gasteiger charge is -2.15. The fourth-order valence-corrected chi connectivity index (χ4v) is 3.96. The zero-order valence-electron chi connectivity index (χ0n) is 16.9. The number of aromatic nitrogens is 2. The first-order valence-corrected chi connectivity index (χ1v) is 10.5. The number of benzene rings is 1. The lowest BCUT2D eigenvalue weighted by molar-refractivity contribution is -0.385. The monoisotopic (exact) mass is 445 g/mol. The van der Waals surface area contributed by atoms with Crippen molar-refractivity contribution in [2.45, 2.75) is 18.7 Å². The van der Waals surface area contributed by atoms with Crippen molar-refractivity contribution < 1.29 is 22.9 Å². The van der Waals surface area contributed by atoms with Crippen LogP contribution in [0, 0.1) is 17.0 Å². The fourth-order valence-electron chi connectivity index (χ4n) is 2.76. The van der Waals surface area contributed by atoms with Crippen LogP contribution in [0.4, 0.5) is 5.69 Å². The predicted octanol–water partition coefficient (Wildman–Crippen LogP) is 2.38. The van der Waals surface area contributed by atoms with Gasteiger partial charge >= 0.3 is 5.97 Å². The van der Waals surface area contributed by atoms with Gasteiger partial charge in [-0.15, -0.1) is 0 Å². The Morgan fingerprint density at radius 1 is 1.35 bits per heavy atom. The summed E-state index contributed by atoms with van der Waals surface area (Å²) in [5.41, 5.74) is 1.25. The number of nitro groups is 1. The van der Waals surface area contributed by atoms with Gasteiger partial charge in [0.2, 0.25) is 0 Å². The Labute approximate surface area is 177 Å². The molecule has 0 unspecified atom stereocenters. The van der Waals surface area contributed by atoms with Gasteiger partial charge in [-0.2, -0.15) is 17.9 Å². The van der Waals surface area contributed by atoms with E-state index >= 15 is 0 Å². The van der Waals surface area contributed by atoms with E-state index in [9.17, 15) is 23.3 Å². The second kappa shape index (κ2) is 8.52. The molecule has 1 aromatic carbocycles. The highest BCUT2D eigenvalue weighted by Gasteiger charge is 2.24. The van der Waals surface area contributed by atoms with Gasteiger partial charge in [-0.05, 0) is 31.5 Å². The zero-order chi connectivity index (χ0) is 22.8. The summed E-state index contributed by atoms with van der Waals surface area (Å²) in [6, 6.07) is 6.79. The highest BCUT2D eigenvalue weighted by Crippen LogP contribution is 2.24. The number of carbonyl (C=O) groups is 1. The van der Waals surface area contributed by atoms with Crippen molar-refractivity contribution >= 4 is 33.5 Å². The first-order chi connectivity index (χ1) is 14.6. The molecule has 162 valence electrons. The summed E-state index contributed by atoms with van der Waals surface area (Å²) in [5, 5.41) is 15.0. The molecule has 0 amide bonds. The lowest BCUT2D eigenvalue weighted by atomic mass is 10.2. The third-order valence-corrected chi connectivity index (χ3v) is 6.19. The van der Waals surface area contributed by atoms with E-state index in [1.807, 2.05) is 0 Å². The third-order valence-electron chi connectivity index (χ3n) is 4.41. The van der Waals surface area contributed by atoms with E-state index in [2.05, 4.69) is 10.1 Å². The van der Waals surface area contributed by atoms with Crippen molar-refractivity contribution in [2.24, 2.45) is 5.10 Å². The quantitative estimate of drug-likeness (QED) is 0.236. The first kappa shape index (κ1) is 21.9. The number of nitro benzene ring substituents is 1. The van der Waals surface area contributed by atoms with Crippen LogP contribution in [0.25, 0.3) is 5.65 Å². The SMILES string of the molecule is CCOC(=O)c1ccc2ncc(/C=N/N(C)S(=O)(=O)c3cc([N+](=O)[O-])ccc3C)n2c1. The van der Waals surface area contributed by atoms with Crippen LogP contribution in [0.2, 0.25) is 0 Å². The van der Waals surface area contributed by atoms with Gasteiger partial charge in [-0.3, -0.25) is 14.5 Å². The number of non-ortho nitro benzene ring substituents is 1. The van der Waals surface area contributed by atoms with Crippen LogP contribution >= 0.6 is 0 Å². The maximum absolute atomic E-state index is 12.9. The average molecular weight is 445 g/mol. The third kappa shape index (κ3) is 4.38. The highest BCUT2D eigenvalue weighted by molar-refractivity contribution is 7.89. The van der Waals surface area contributed by atoms with Gasteiger partial charge in [0, 0.05) is 25.4 Å². The number of pyridine rings is 1. The average Bonchev–Trinajstić information content (AvgIpc) is 3.14. The number of esters is 1. The second-order valence-electron chi connectivity index (χ2n) is 6.44. The molecular formula is C19H19N5O6S. The molecule has 0 atom stereocenters. The van der Waals surface area contributed by atoms with E-state index < -0.39 is 20.9 Å². The van der Waals surface area contributed by atoms with Crippen molar-refractivity contribution in [3.05, 3.63) is 69.7 Å². The number of ether oxygens (including phenoxy) is 1. The predicted molar refractivity (Wildman–Crippen MR) is 112 cm³/mol. The minimum absolute atomic E-state index is 0.218. The largest absolute Gasteiger partial charge is 0.462 e. The zero-order valence-corrected chi connectivity index (χ0v) is 17.7. The topological polar surface area (TPSA) is 136 Å². The number of hydrogen-bond acceptors (Lipinski definition) is 8. The van der Waals surface area contributed by atoms with E-state index in [-0.39, 0.29) is 17.2 Å². The van der Waals surface area contributed by atoms with Gasteiger partial charge < -0.3 is 4.74 Å². The summed E-state index contributed by atoms with van der Waals surface area (Å²) in [7, 11) is -2.91. The minimum atomic E-state index is -4.13. The summed E-state index contributed by atoms with van der Waals surface area (Å²) in [4.78, 5) is 26.3. The molecule has 31 heavy (non-hydrogen) atoms. The van der Waals surface area contributed by atoms with Crippen LogP contribution in [0.1, 0.15) is 28.5 Å². The van der Waals surface area contributed by atoms with Crippen LogP contribution in [0.3, 0.4) is 0 Å². The Hall–Kier alpha value is -3.80. The van der Waals surface area contributed by atoms with E-state index in [0.29, 0.717) is 26.9 Å². The molecule has 0 fully saturated rings. The maximum atomic E-state index is 12.9. The van der Waals surface area contributed by atoms with Crippen LogP contribution in [-0.4, -0.2) is 53.0 Å². The summed E-state index contributed by atoms with van der Waals surface area (Å²) in [6.07, 6.45) is 4.24. The highest BCUT2D eigenvalue weighted by atomic mass is 32.2. The molecule has 0 aliphatic carbocycles. The number of imidazole rings is 1. The number of hydrazone groups is 1. The Morgan fingerprint density at radius 2 is 2.10 bits per heavy atom. The minimum Gasteiger partial charge on any atom is -0.462 e. The fraction of sp³-hybridized carbons (Fsp3) is 0.211. The number of nitrogens with zero attached hydrogens (tertiary/aromatic N) is 5. The Kier molecular flexibility index (Phi) is 6.02. The van der Waals surface area contributed by atoms with E-state index in [1.54, 1.807) is 23.5 Å². The molecule has 0 bridgehead atoms. The first-order valence-electron chi connectivity index (χ1n) is 9.07. The van der Waals surface area contributed by atoms with Crippen molar-refractivity contribution in [2.75, 3.05) is 13.7 Å². The molecule has 11 nitrogen and oxygen atoms in total. The number of sulfonamides is 1.